The van der Waals surface area contributed by atoms with Crippen LogP contribution in [0, 0.1) is 11.8 Å². The molecule has 2 aliphatic heterocycles. The van der Waals surface area contributed by atoms with Gasteiger partial charge in [0.25, 0.3) is 15.9 Å². The fourth-order valence-electron chi connectivity index (χ4n) is 7.39. The molecule has 2 heterocycles. The Morgan fingerprint density at radius 3 is 2.63 bits per heavy atom. The van der Waals surface area contributed by atoms with Crippen molar-refractivity contribution >= 4 is 43.2 Å². The van der Waals surface area contributed by atoms with Gasteiger partial charge in [-0.05, 0) is 99.2 Å². The van der Waals surface area contributed by atoms with E-state index >= 15 is 0 Å². The van der Waals surface area contributed by atoms with Gasteiger partial charge in [-0.25, -0.2) is 21.6 Å². The smallest absolute Gasteiger partial charge is 0.265 e. The van der Waals surface area contributed by atoms with E-state index in [4.69, 9.17) is 21.1 Å². The first-order valence-electron chi connectivity index (χ1n) is 15.7. The maximum Gasteiger partial charge on any atom is 0.265 e. The predicted molar refractivity (Wildman–Crippen MR) is 177 cm³/mol. The number of halogens is 1. The van der Waals surface area contributed by atoms with Crippen LogP contribution in [-0.4, -0.2) is 78.3 Å². The Bertz CT molecular complexity index is 1780. The van der Waals surface area contributed by atoms with E-state index < -0.39 is 37.6 Å². The molecule has 2 aromatic rings. The van der Waals surface area contributed by atoms with E-state index in [1.165, 1.54) is 41.6 Å². The molecule has 2 aromatic carbocycles. The fourth-order valence-corrected chi connectivity index (χ4v) is 9.38. The number of hydrogen-bond donors (Lipinski definition) is 1. The number of nitrogens with zero attached hydrogens (tertiary/aromatic N) is 2. The molecule has 1 N–H and O–H groups in total. The van der Waals surface area contributed by atoms with Gasteiger partial charge in [-0.2, -0.15) is 4.31 Å². The molecular weight excluding hydrogens is 650 g/mol. The fraction of sp³-hybridized carbons (Fsp3) is 0.545. The first kappa shape index (κ1) is 33.3. The lowest BCUT2D eigenvalue weighted by atomic mass is 9.68. The van der Waals surface area contributed by atoms with Crippen LogP contribution in [0.25, 0.3) is 0 Å². The third-order valence-corrected chi connectivity index (χ3v) is 13.1. The predicted octanol–water partition coefficient (Wildman–Crippen LogP) is 4.27. The van der Waals surface area contributed by atoms with Crippen LogP contribution < -0.4 is 14.4 Å². The second-order valence-corrected chi connectivity index (χ2v) is 17.9. The Kier molecular flexibility index (Phi) is 8.76. The number of fused-ring (bicyclic) bond motifs is 4. The van der Waals surface area contributed by atoms with Gasteiger partial charge < -0.3 is 14.4 Å². The van der Waals surface area contributed by atoms with Crippen LogP contribution in [0.5, 0.6) is 5.75 Å². The van der Waals surface area contributed by atoms with E-state index in [9.17, 15) is 21.6 Å². The number of anilines is 1. The van der Waals surface area contributed by atoms with Crippen molar-refractivity contribution in [2.75, 3.05) is 44.5 Å². The van der Waals surface area contributed by atoms with Crippen LogP contribution in [-0.2, 0) is 41.4 Å². The van der Waals surface area contributed by atoms with E-state index in [0.29, 0.717) is 36.2 Å². The van der Waals surface area contributed by atoms with Gasteiger partial charge in [0, 0.05) is 36.6 Å². The number of carbonyl (C=O) groups is 1. The Morgan fingerprint density at radius 1 is 1.13 bits per heavy atom. The molecule has 250 valence electrons. The summed E-state index contributed by atoms with van der Waals surface area (Å²) in [6.45, 7) is 4.57. The van der Waals surface area contributed by atoms with Gasteiger partial charge >= 0.3 is 0 Å². The summed E-state index contributed by atoms with van der Waals surface area (Å²) in [4.78, 5) is 15.3. The first-order valence-corrected chi connectivity index (χ1v) is 19.4. The second kappa shape index (κ2) is 12.1. The molecule has 1 fully saturated rings. The number of ether oxygens (including phenoxy) is 2. The maximum atomic E-state index is 13.6. The minimum Gasteiger partial charge on any atom is -0.490 e. The normalized spacial score (nSPS) is 29.1. The highest BCUT2D eigenvalue weighted by atomic mass is 35.5. The average Bonchev–Trinajstić information content (AvgIpc) is 3.12. The zero-order valence-electron chi connectivity index (χ0n) is 26.7. The van der Waals surface area contributed by atoms with Crippen LogP contribution in [0.1, 0.15) is 50.7 Å². The molecule has 0 unspecified atom stereocenters. The minimum atomic E-state index is -4.24. The lowest BCUT2D eigenvalue weighted by Crippen LogP contribution is -2.52. The zero-order valence-corrected chi connectivity index (χ0v) is 29.1. The van der Waals surface area contributed by atoms with Gasteiger partial charge in [-0.1, -0.05) is 29.8 Å². The van der Waals surface area contributed by atoms with Gasteiger partial charge in [-0.3, -0.25) is 4.79 Å². The third kappa shape index (κ3) is 6.31. The summed E-state index contributed by atoms with van der Waals surface area (Å²) in [6.07, 6.45) is 9.27. The van der Waals surface area contributed by atoms with Crippen LogP contribution in [0.3, 0.4) is 0 Å². The number of likely N-dealkylation sites (N-methyl/N-ethyl adjacent to an activating group) is 1. The summed E-state index contributed by atoms with van der Waals surface area (Å²) < 4.78 is 68.6. The van der Waals surface area contributed by atoms with Crippen molar-refractivity contribution in [2.24, 2.45) is 11.8 Å². The Hall–Kier alpha value is -2.64. The van der Waals surface area contributed by atoms with Crippen molar-refractivity contribution in [1.29, 1.82) is 0 Å². The van der Waals surface area contributed by atoms with Crippen LogP contribution >= 0.6 is 11.6 Å². The Balaban J connectivity index is 1.47. The van der Waals surface area contributed by atoms with Crippen LogP contribution in [0.2, 0.25) is 5.02 Å². The third-order valence-electron chi connectivity index (χ3n) is 10.3. The van der Waals surface area contributed by atoms with Crippen molar-refractivity contribution in [2.45, 2.75) is 67.9 Å². The van der Waals surface area contributed by atoms with Gasteiger partial charge in [0.1, 0.15) is 11.4 Å². The number of rotatable bonds is 2. The minimum absolute atomic E-state index is 0.000209. The van der Waals surface area contributed by atoms with Crippen molar-refractivity contribution in [3.05, 3.63) is 64.7 Å². The van der Waals surface area contributed by atoms with E-state index in [-0.39, 0.29) is 28.8 Å². The average molecular weight is 692 g/mol. The maximum absolute atomic E-state index is 13.6. The summed E-state index contributed by atoms with van der Waals surface area (Å²) in [5.74, 6) is -0.0987. The number of carbonyl (C=O) groups excluding carboxylic acids is 1. The number of benzene rings is 2. The number of aryl methyl sites for hydroxylation is 1. The molecule has 4 atom stereocenters. The van der Waals surface area contributed by atoms with Crippen molar-refractivity contribution in [3.8, 4) is 5.75 Å². The number of sulfonamides is 2. The van der Waals surface area contributed by atoms with E-state index in [1.807, 2.05) is 18.2 Å². The van der Waals surface area contributed by atoms with E-state index in [2.05, 4.69) is 15.7 Å². The molecule has 46 heavy (non-hydrogen) atoms. The largest absolute Gasteiger partial charge is 0.490 e. The van der Waals surface area contributed by atoms with Gasteiger partial charge in [-0.15, -0.1) is 0 Å². The van der Waals surface area contributed by atoms with Crippen molar-refractivity contribution in [1.82, 2.24) is 9.03 Å². The first-order chi connectivity index (χ1) is 21.6. The Labute approximate surface area is 277 Å². The molecule has 0 aromatic heterocycles. The molecule has 0 radical (unpaired) electrons. The summed E-state index contributed by atoms with van der Waals surface area (Å²) in [6, 6.07) is 10.3. The summed E-state index contributed by atoms with van der Waals surface area (Å²) in [7, 11) is -6.16. The van der Waals surface area contributed by atoms with Gasteiger partial charge in [0.05, 0.1) is 30.1 Å². The highest BCUT2D eigenvalue weighted by Crippen LogP contribution is 2.47. The molecule has 6 rings (SSSR count). The summed E-state index contributed by atoms with van der Waals surface area (Å²) >= 11 is 6.40. The molecule has 13 heteroatoms. The lowest BCUT2D eigenvalue weighted by molar-refractivity contribution is -0.139. The highest BCUT2D eigenvalue weighted by Gasteiger charge is 2.45. The SMILES string of the molecule is CN([C@H]1C=CCOC(C)(C)C(=O)NS(=O)(=O)c2ccc3c(c2)N(C[C@@H]2CC[C@H]21)C[C@@]1(CCCc2cc(Cl)ccc21)CO3)S(C)(=O)=O. The summed E-state index contributed by atoms with van der Waals surface area (Å²) in [5.41, 5.74) is 1.17. The number of hydrogen-bond acceptors (Lipinski definition) is 8. The van der Waals surface area contributed by atoms with E-state index in [1.54, 1.807) is 25.3 Å². The molecule has 10 nitrogen and oxygen atoms in total. The monoisotopic (exact) mass is 691 g/mol. The molecule has 4 aliphatic rings. The standard InChI is InChI=1S/C33H42ClN3O7S2/c1-32(2)31(38)35-46(41,42)25-11-14-30-29(18-25)37(20-33(21-43-30)15-5-7-22-17-24(34)10-13-27(22)33)19-23-9-12-26(23)28(8-6-16-44-32)36(3)45(4,39)40/h6,8,10-11,13-14,17-18,23,26,28H,5,7,9,12,15-16,19-21H2,1-4H3,(H,35,38)/t23-,26+,28-,33-/m0/s1. The summed E-state index contributed by atoms with van der Waals surface area (Å²) in [5, 5.41) is 0.690. The second-order valence-electron chi connectivity index (χ2n) is 13.7. The van der Waals surface area contributed by atoms with Crippen LogP contribution in [0.15, 0.2) is 53.4 Å². The van der Waals surface area contributed by atoms with Crippen molar-refractivity contribution < 1.29 is 31.1 Å². The lowest BCUT2D eigenvalue weighted by Gasteiger charge is -2.47. The van der Waals surface area contributed by atoms with Crippen molar-refractivity contribution in [3.63, 3.8) is 0 Å². The molecule has 1 amide bonds. The molecule has 1 saturated carbocycles. The quantitative estimate of drug-likeness (QED) is 0.464. The molecule has 0 saturated heterocycles. The van der Waals surface area contributed by atoms with E-state index in [0.717, 1.165) is 32.1 Å². The molecule has 2 aliphatic carbocycles. The topological polar surface area (TPSA) is 122 Å². The molecular formula is C33H42ClN3O7S2. The van der Waals surface area contributed by atoms with Gasteiger partial charge in [0.15, 0.2) is 0 Å². The highest BCUT2D eigenvalue weighted by molar-refractivity contribution is 7.90. The van der Waals surface area contributed by atoms with Gasteiger partial charge in [0.2, 0.25) is 10.0 Å². The molecule has 2 bridgehead atoms. The molecule has 1 spiro atoms. The zero-order chi connectivity index (χ0) is 33.1. The Morgan fingerprint density at radius 2 is 1.91 bits per heavy atom. The number of amides is 1. The van der Waals surface area contributed by atoms with Crippen LogP contribution in [0.4, 0.5) is 5.69 Å². The number of nitrogens with one attached hydrogen (secondary N) is 1.